The second-order valence-corrected chi connectivity index (χ2v) is 6.36. The number of rotatable bonds is 6. The van der Waals surface area contributed by atoms with Gasteiger partial charge in [0.05, 0.1) is 18.8 Å². The van der Waals surface area contributed by atoms with Crippen LogP contribution in [0.5, 0.6) is 0 Å². The maximum absolute atomic E-state index is 14.4. The van der Waals surface area contributed by atoms with Gasteiger partial charge in [-0.2, -0.15) is 0 Å². The Kier molecular flexibility index (Phi) is 6.75. The van der Waals surface area contributed by atoms with Crippen molar-refractivity contribution in [3.05, 3.63) is 12.7 Å². The Hall–Kier alpha value is -0.550. The normalized spacial score (nSPS) is 43.0. The van der Waals surface area contributed by atoms with Crippen LogP contribution in [-0.4, -0.2) is 43.9 Å². The van der Waals surface area contributed by atoms with E-state index < -0.39 is 36.5 Å². The number of alkyl halides is 3. The van der Waals surface area contributed by atoms with Gasteiger partial charge in [0.15, 0.2) is 6.17 Å². The smallest absolute Gasteiger partial charge is 0.157 e. The van der Waals surface area contributed by atoms with Crippen LogP contribution in [0.2, 0.25) is 0 Å². The second kappa shape index (κ2) is 8.34. The Morgan fingerprint density at radius 1 is 1.00 bits per heavy atom. The van der Waals surface area contributed by atoms with Crippen LogP contribution in [0.15, 0.2) is 12.7 Å². The van der Waals surface area contributed by atoms with Gasteiger partial charge in [0.1, 0.15) is 12.3 Å². The number of ether oxygens (including phenoxy) is 2. The highest BCUT2D eigenvalue weighted by molar-refractivity contribution is 4.96. The lowest BCUT2D eigenvalue weighted by molar-refractivity contribution is -0.0990. The Morgan fingerprint density at radius 3 is 2.36 bits per heavy atom. The molecular formula is C17H27F3O2. The largest absolute Gasteiger partial charge is 0.375 e. The number of hydrogen-bond acceptors (Lipinski definition) is 2. The van der Waals surface area contributed by atoms with E-state index in [4.69, 9.17) is 9.47 Å². The topological polar surface area (TPSA) is 18.5 Å². The summed E-state index contributed by atoms with van der Waals surface area (Å²) in [6.45, 7) is 6.12. The minimum atomic E-state index is -1.64. The van der Waals surface area contributed by atoms with Gasteiger partial charge in [0.2, 0.25) is 0 Å². The van der Waals surface area contributed by atoms with Crippen LogP contribution in [0.1, 0.15) is 39.0 Å². The molecule has 5 heteroatoms. The first-order valence-electron chi connectivity index (χ1n) is 8.34. The van der Waals surface area contributed by atoms with Gasteiger partial charge in [0.25, 0.3) is 0 Å². The van der Waals surface area contributed by atoms with Crippen LogP contribution in [0.4, 0.5) is 13.2 Å². The highest BCUT2D eigenvalue weighted by atomic mass is 19.2. The summed E-state index contributed by atoms with van der Waals surface area (Å²) in [5.74, 6) is -0.943. The summed E-state index contributed by atoms with van der Waals surface area (Å²) in [5, 5.41) is 0. The summed E-state index contributed by atoms with van der Waals surface area (Å²) in [4.78, 5) is 0. The van der Waals surface area contributed by atoms with Gasteiger partial charge in [0, 0.05) is 13.0 Å². The summed E-state index contributed by atoms with van der Waals surface area (Å²) in [6, 6.07) is 0. The fourth-order valence-electron chi connectivity index (χ4n) is 3.90. The molecule has 2 aliphatic rings. The number of halogens is 3. The summed E-state index contributed by atoms with van der Waals surface area (Å²) < 4.78 is 53.7. The highest BCUT2D eigenvalue weighted by Gasteiger charge is 2.47. The predicted molar refractivity (Wildman–Crippen MR) is 80.1 cm³/mol. The molecule has 0 radical (unpaired) electrons. The summed E-state index contributed by atoms with van der Waals surface area (Å²) in [7, 11) is 0. The minimum absolute atomic E-state index is 0.136. The molecule has 0 aromatic heterocycles. The zero-order chi connectivity index (χ0) is 16.1. The second-order valence-electron chi connectivity index (χ2n) is 6.36. The van der Waals surface area contributed by atoms with Gasteiger partial charge in [-0.1, -0.05) is 6.08 Å². The van der Waals surface area contributed by atoms with Crippen LogP contribution in [-0.2, 0) is 9.47 Å². The zero-order valence-electron chi connectivity index (χ0n) is 13.2. The Labute approximate surface area is 131 Å². The zero-order valence-corrected chi connectivity index (χ0v) is 13.2. The molecule has 0 aromatic rings. The molecule has 2 aliphatic carbocycles. The van der Waals surface area contributed by atoms with Crippen LogP contribution < -0.4 is 0 Å². The van der Waals surface area contributed by atoms with Gasteiger partial charge >= 0.3 is 0 Å². The summed E-state index contributed by atoms with van der Waals surface area (Å²) >= 11 is 0. The molecule has 2 saturated carbocycles. The molecule has 7 atom stereocenters. The first-order chi connectivity index (χ1) is 10.6. The van der Waals surface area contributed by atoms with E-state index in [0.717, 1.165) is 0 Å². The van der Waals surface area contributed by atoms with E-state index in [0.29, 0.717) is 38.9 Å². The van der Waals surface area contributed by atoms with E-state index in [1.54, 1.807) is 13.0 Å². The molecule has 0 aliphatic heterocycles. The Balaban J connectivity index is 1.91. The van der Waals surface area contributed by atoms with Crippen LogP contribution >= 0.6 is 0 Å². The first kappa shape index (κ1) is 17.8. The monoisotopic (exact) mass is 320 g/mol. The van der Waals surface area contributed by atoms with E-state index in [1.807, 2.05) is 0 Å². The Morgan fingerprint density at radius 2 is 1.73 bits per heavy atom. The fraction of sp³-hybridized carbons (Fsp3) is 0.882. The van der Waals surface area contributed by atoms with Crippen LogP contribution in [0.25, 0.3) is 0 Å². The molecule has 2 nitrogen and oxygen atoms in total. The maximum Gasteiger partial charge on any atom is 0.157 e. The van der Waals surface area contributed by atoms with Crippen molar-refractivity contribution in [2.24, 2.45) is 11.8 Å². The maximum atomic E-state index is 14.4. The average Bonchev–Trinajstić information content (AvgIpc) is 2.51. The lowest BCUT2D eigenvalue weighted by Crippen LogP contribution is -2.48. The van der Waals surface area contributed by atoms with E-state index in [-0.39, 0.29) is 12.5 Å². The molecule has 22 heavy (non-hydrogen) atoms. The minimum Gasteiger partial charge on any atom is -0.375 e. The third kappa shape index (κ3) is 4.05. The van der Waals surface area contributed by atoms with Gasteiger partial charge < -0.3 is 9.47 Å². The molecule has 0 aromatic carbocycles. The molecule has 2 rings (SSSR count). The van der Waals surface area contributed by atoms with Crippen molar-refractivity contribution in [2.75, 3.05) is 13.2 Å². The predicted octanol–water partition coefficient (Wildman–Crippen LogP) is 4.19. The molecule has 0 N–H and O–H groups in total. The van der Waals surface area contributed by atoms with Crippen molar-refractivity contribution in [3.8, 4) is 0 Å². The van der Waals surface area contributed by atoms with Crippen molar-refractivity contribution in [1.29, 1.82) is 0 Å². The molecule has 0 saturated heterocycles. The molecule has 0 amide bonds. The van der Waals surface area contributed by atoms with Crippen molar-refractivity contribution >= 4 is 0 Å². The van der Waals surface area contributed by atoms with Crippen molar-refractivity contribution in [1.82, 2.24) is 0 Å². The molecule has 0 spiro atoms. The molecule has 7 unspecified atom stereocenters. The van der Waals surface area contributed by atoms with Crippen molar-refractivity contribution in [3.63, 3.8) is 0 Å². The molecule has 128 valence electrons. The third-order valence-electron chi connectivity index (χ3n) is 5.01. The first-order valence-corrected chi connectivity index (χ1v) is 8.34. The molecule has 2 fully saturated rings. The van der Waals surface area contributed by atoms with Gasteiger partial charge in [-0.15, -0.1) is 6.58 Å². The van der Waals surface area contributed by atoms with Gasteiger partial charge in [-0.3, -0.25) is 0 Å². The van der Waals surface area contributed by atoms with Crippen molar-refractivity contribution in [2.45, 2.75) is 69.8 Å². The standard InChI is InChI=1S/C17H27F3O2/c1-3-9-22-11-5-6-12(14(18)10-11)13-7-8-15(21-4-2)17(20)16(13)19/h3,11-17H,1,4-10H2,2H3. The molecular weight excluding hydrogens is 293 g/mol. The van der Waals surface area contributed by atoms with Crippen LogP contribution in [0.3, 0.4) is 0 Å². The molecule has 0 heterocycles. The fourth-order valence-corrected chi connectivity index (χ4v) is 3.90. The van der Waals surface area contributed by atoms with Crippen molar-refractivity contribution < 1.29 is 22.6 Å². The quantitative estimate of drug-likeness (QED) is 0.683. The lowest BCUT2D eigenvalue weighted by atomic mass is 9.70. The van der Waals surface area contributed by atoms with E-state index in [1.165, 1.54) is 0 Å². The SMILES string of the molecule is C=CCOC1CCC(C2CCC(OCC)C(F)C2F)C(F)C1. The summed E-state index contributed by atoms with van der Waals surface area (Å²) in [6.07, 6.45) is -1.07. The third-order valence-corrected chi connectivity index (χ3v) is 5.01. The van der Waals surface area contributed by atoms with Gasteiger partial charge in [-0.25, -0.2) is 13.2 Å². The van der Waals surface area contributed by atoms with E-state index in [9.17, 15) is 13.2 Å². The molecule has 0 bridgehead atoms. The summed E-state index contributed by atoms with van der Waals surface area (Å²) in [5.41, 5.74) is 0. The Bertz CT molecular complexity index is 353. The highest BCUT2D eigenvalue weighted by Crippen LogP contribution is 2.43. The van der Waals surface area contributed by atoms with Crippen LogP contribution in [0, 0.1) is 11.8 Å². The van der Waals surface area contributed by atoms with Gasteiger partial charge in [-0.05, 0) is 44.4 Å². The van der Waals surface area contributed by atoms with E-state index in [2.05, 4.69) is 6.58 Å². The average molecular weight is 320 g/mol. The van der Waals surface area contributed by atoms with E-state index >= 15 is 0 Å². The number of hydrogen-bond donors (Lipinski definition) is 0. The lowest BCUT2D eigenvalue weighted by Gasteiger charge is -2.42.